The zero-order valence-corrected chi connectivity index (χ0v) is 23.8. The van der Waals surface area contributed by atoms with E-state index in [-0.39, 0.29) is 6.03 Å². The van der Waals surface area contributed by atoms with E-state index in [9.17, 15) is 13.6 Å². The van der Waals surface area contributed by atoms with Gasteiger partial charge in [-0.3, -0.25) is 4.90 Å². The summed E-state index contributed by atoms with van der Waals surface area (Å²) in [5, 5.41) is 0.881. The molecule has 0 bridgehead atoms. The third-order valence-electron chi connectivity index (χ3n) is 6.70. The van der Waals surface area contributed by atoms with Gasteiger partial charge in [-0.15, -0.1) is 0 Å². The first-order valence-electron chi connectivity index (χ1n) is 13.0. The molecule has 206 valence electrons. The Bertz CT molecular complexity index is 1390. The van der Waals surface area contributed by atoms with Crippen molar-refractivity contribution in [3.63, 3.8) is 0 Å². The molecule has 5 rings (SSSR count). The molecular weight excluding hydrogens is 541 g/mol. The number of alkyl halides is 2. The average Bonchev–Trinajstić information content (AvgIpc) is 2.94. The Morgan fingerprint density at radius 1 is 0.974 bits per heavy atom. The van der Waals surface area contributed by atoms with Gasteiger partial charge in [0.05, 0.1) is 22.4 Å². The lowest BCUT2D eigenvalue weighted by atomic mass is 10.2. The van der Waals surface area contributed by atoms with Crippen LogP contribution in [0.5, 0.6) is 11.5 Å². The van der Waals surface area contributed by atoms with E-state index in [0.29, 0.717) is 66.7 Å². The minimum Gasteiger partial charge on any atom is -0.486 e. The molecule has 2 heterocycles. The third kappa shape index (κ3) is 5.01. The van der Waals surface area contributed by atoms with E-state index in [1.165, 1.54) is 0 Å². The maximum atomic E-state index is 14.4. The van der Waals surface area contributed by atoms with Crippen LogP contribution in [0.25, 0.3) is 0 Å². The number of fused-ring (bicyclic) bond motifs is 2. The number of anilines is 2. The SMILES string of the molecule is CCN1C(=O)N(c2ccccc2)[P@](=Nc2ccc(SC(F)F)cc2)(N(CC)CC)c2cc3c(cc21)OCCO3. The maximum absolute atomic E-state index is 14.4. The van der Waals surface area contributed by atoms with E-state index in [1.54, 1.807) is 29.2 Å². The van der Waals surface area contributed by atoms with E-state index in [1.807, 2.05) is 54.1 Å². The van der Waals surface area contributed by atoms with Gasteiger partial charge < -0.3 is 9.47 Å². The van der Waals surface area contributed by atoms with Crippen molar-refractivity contribution in [1.29, 1.82) is 0 Å². The summed E-state index contributed by atoms with van der Waals surface area (Å²) < 4.78 is 47.3. The standard InChI is InChI=1S/C28H31F2N4O3PS/c1-4-32(5-2)38(31-20-12-14-22(15-13-20)39-27(29)30)26-19-25-24(36-16-17-37-25)18-23(26)33(6-3)28(35)34(38)21-10-8-7-9-11-21/h7-15,18-19,27H,4-6,16-17H2,1-3H3/t38-/m1/s1. The number of ether oxygens (including phenoxy) is 2. The van der Waals surface area contributed by atoms with Crippen LogP contribution >= 0.6 is 19.1 Å². The smallest absolute Gasteiger partial charge is 0.334 e. The Labute approximate surface area is 231 Å². The predicted molar refractivity (Wildman–Crippen MR) is 155 cm³/mol. The number of rotatable bonds is 8. The van der Waals surface area contributed by atoms with Gasteiger partial charge in [-0.2, -0.15) is 8.78 Å². The molecular formula is C28H31F2N4O3PS. The fourth-order valence-corrected chi connectivity index (χ4v) is 9.45. The van der Waals surface area contributed by atoms with Crippen LogP contribution in [0.15, 0.2) is 76.4 Å². The summed E-state index contributed by atoms with van der Waals surface area (Å²) in [7, 11) is -3.03. The summed E-state index contributed by atoms with van der Waals surface area (Å²) in [5.41, 5.74) is 2.08. The van der Waals surface area contributed by atoms with E-state index in [2.05, 4.69) is 18.5 Å². The lowest BCUT2D eigenvalue weighted by molar-refractivity contribution is 0.172. The van der Waals surface area contributed by atoms with Crippen LogP contribution in [0.3, 0.4) is 0 Å². The molecule has 11 heteroatoms. The molecule has 39 heavy (non-hydrogen) atoms. The highest BCUT2D eigenvalue weighted by Crippen LogP contribution is 2.63. The van der Waals surface area contributed by atoms with Gasteiger partial charge in [0.25, 0.3) is 5.76 Å². The quantitative estimate of drug-likeness (QED) is 0.206. The van der Waals surface area contributed by atoms with E-state index in [4.69, 9.17) is 14.2 Å². The molecule has 0 radical (unpaired) electrons. The zero-order valence-electron chi connectivity index (χ0n) is 22.1. The van der Waals surface area contributed by atoms with Gasteiger partial charge in [-0.1, -0.05) is 43.8 Å². The first-order valence-corrected chi connectivity index (χ1v) is 15.5. The Morgan fingerprint density at radius 3 is 2.21 bits per heavy atom. The van der Waals surface area contributed by atoms with Crippen molar-refractivity contribution >= 4 is 47.5 Å². The lowest BCUT2D eigenvalue weighted by Crippen LogP contribution is -2.53. The van der Waals surface area contributed by atoms with Crippen molar-refractivity contribution in [2.45, 2.75) is 31.4 Å². The number of amides is 2. The van der Waals surface area contributed by atoms with Gasteiger partial charge in [0.1, 0.15) is 13.2 Å². The van der Waals surface area contributed by atoms with Crippen molar-refractivity contribution in [3.05, 3.63) is 66.7 Å². The minimum atomic E-state index is -3.03. The molecule has 0 N–H and O–H groups in total. The summed E-state index contributed by atoms with van der Waals surface area (Å²) in [6.07, 6.45) is 0. The highest BCUT2D eigenvalue weighted by molar-refractivity contribution is 7.99. The Hall–Kier alpha value is -3.07. The van der Waals surface area contributed by atoms with E-state index < -0.39 is 13.1 Å². The largest absolute Gasteiger partial charge is 0.486 e. The lowest BCUT2D eigenvalue weighted by Gasteiger charge is -2.49. The second-order valence-electron chi connectivity index (χ2n) is 8.84. The van der Waals surface area contributed by atoms with Crippen LogP contribution < -0.4 is 24.3 Å². The molecule has 1 atom stereocenters. The number of urea groups is 1. The maximum Gasteiger partial charge on any atom is 0.334 e. The molecule has 0 fully saturated rings. The molecule has 0 saturated heterocycles. The predicted octanol–water partition coefficient (Wildman–Crippen LogP) is 7.57. The van der Waals surface area contributed by atoms with Gasteiger partial charge in [0.2, 0.25) is 0 Å². The Morgan fingerprint density at radius 2 is 1.62 bits per heavy atom. The number of nitrogens with zero attached hydrogens (tertiary/aromatic N) is 4. The topological polar surface area (TPSA) is 57.6 Å². The molecule has 2 aliphatic heterocycles. The average molecular weight is 573 g/mol. The Balaban J connectivity index is 1.86. The Kier molecular flexibility index (Phi) is 8.16. The second kappa shape index (κ2) is 11.6. The van der Waals surface area contributed by atoms with Gasteiger partial charge >= 0.3 is 6.03 Å². The van der Waals surface area contributed by atoms with Crippen molar-refractivity contribution < 1.29 is 23.0 Å². The molecule has 7 nitrogen and oxygen atoms in total. The summed E-state index contributed by atoms with van der Waals surface area (Å²) >= 11 is 0.495. The molecule has 0 aliphatic carbocycles. The molecule has 0 aromatic heterocycles. The molecule has 2 aliphatic rings. The van der Waals surface area contributed by atoms with Gasteiger partial charge in [0.15, 0.2) is 18.9 Å². The third-order valence-corrected chi connectivity index (χ3v) is 11.3. The number of thioether (sulfide) groups is 1. The fraction of sp³-hybridized carbons (Fsp3) is 0.321. The zero-order chi connectivity index (χ0) is 27.6. The van der Waals surface area contributed by atoms with Crippen LogP contribution in [-0.2, 0) is 0 Å². The first-order chi connectivity index (χ1) is 18.9. The highest BCUT2D eigenvalue weighted by atomic mass is 32.2. The summed E-state index contributed by atoms with van der Waals surface area (Å²) in [6.45, 7) is 8.63. The molecule has 2 amide bonds. The molecule has 0 spiro atoms. The van der Waals surface area contributed by atoms with Crippen molar-refractivity contribution in [1.82, 2.24) is 4.67 Å². The summed E-state index contributed by atoms with van der Waals surface area (Å²) in [4.78, 5) is 16.6. The molecule has 0 unspecified atom stereocenters. The number of hydrogen-bond acceptors (Lipinski definition) is 5. The summed E-state index contributed by atoms with van der Waals surface area (Å²) in [5.74, 6) is -1.29. The van der Waals surface area contributed by atoms with Crippen molar-refractivity contribution in [2.24, 2.45) is 4.74 Å². The van der Waals surface area contributed by atoms with Crippen LogP contribution in [-0.4, -0.2) is 49.3 Å². The number of halogens is 2. The first kappa shape index (κ1) is 27.5. The van der Waals surface area contributed by atoms with Crippen LogP contribution in [0, 0.1) is 0 Å². The number of para-hydroxylation sites is 1. The minimum absolute atomic E-state index is 0.179. The van der Waals surface area contributed by atoms with Crippen LogP contribution in [0.1, 0.15) is 20.8 Å². The van der Waals surface area contributed by atoms with E-state index in [0.717, 1.165) is 16.7 Å². The number of hydrogen-bond donors (Lipinski definition) is 0. The van der Waals surface area contributed by atoms with Crippen LogP contribution in [0.4, 0.5) is 30.6 Å². The van der Waals surface area contributed by atoms with Gasteiger partial charge in [-0.25, -0.2) is 18.9 Å². The van der Waals surface area contributed by atoms with Gasteiger partial charge in [-0.05, 0) is 49.4 Å². The van der Waals surface area contributed by atoms with Crippen molar-refractivity contribution in [3.8, 4) is 11.5 Å². The van der Waals surface area contributed by atoms with Crippen LogP contribution in [0.2, 0.25) is 0 Å². The summed E-state index contributed by atoms with van der Waals surface area (Å²) in [6, 6.07) is 20.1. The second-order valence-corrected chi connectivity index (χ2v) is 12.7. The molecule has 3 aromatic rings. The number of benzene rings is 3. The number of carbonyl (C=O) groups excluding carboxylic acids is 1. The van der Waals surface area contributed by atoms with Crippen molar-refractivity contribution in [2.75, 3.05) is 42.4 Å². The molecule has 0 saturated carbocycles. The number of carbonyl (C=O) groups is 1. The normalized spacial score (nSPS) is 18.5. The fourth-order valence-electron chi connectivity index (χ4n) is 5.03. The van der Waals surface area contributed by atoms with Gasteiger partial charge in [0, 0.05) is 30.6 Å². The highest BCUT2D eigenvalue weighted by Gasteiger charge is 2.48. The molecule has 3 aromatic carbocycles. The monoisotopic (exact) mass is 572 g/mol. The van der Waals surface area contributed by atoms with E-state index >= 15 is 0 Å².